The third-order valence-corrected chi connectivity index (χ3v) is 5.40. The van der Waals surface area contributed by atoms with E-state index in [4.69, 9.17) is 16.3 Å². The summed E-state index contributed by atoms with van der Waals surface area (Å²) >= 11 is 5.98. The van der Waals surface area contributed by atoms with Crippen LogP contribution in [0, 0.1) is 6.92 Å². The number of aliphatic hydroxyl groups is 1. The fraction of sp³-hybridized carbons (Fsp3) is 0.333. The molecule has 1 unspecified atom stereocenters. The van der Waals surface area contributed by atoms with Gasteiger partial charge in [-0.25, -0.2) is 14.8 Å². The zero-order chi connectivity index (χ0) is 22.1. The van der Waals surface area contributed by atoms with Gasteiger partial charge in [-0.3, -0.25) is 4.90 Å². The number of ether oxygens (including phenoxy) is 1. The molecule has 0 aliphatic carbocycles. The molecule has 1 saturated heterocycles. The Bertz CT molecular complexity index is 1080. The van der Waals surface area contributed by atoms with Crippen LogP contribution in [0.15, 0.2) is 42.7 Å². The molecule has 10 heteroatoms. The third-order valence-electron chi connectivity index (χ3n) is 5.15. The van der Waals surface area contributed by atoms with Gasteiger partial charge in [0.25, 0.3) is 0 Å². The number of aromatic nitrogens is 4. The van der Waals surface area contributed by atoms with Crippen molar-refractivity contribution in [1.29, 1.82) is 0 Å². The van der Waals surface area contributed by atoms with Crippen LogP contribution >= 0.6 is 11.6 Å². The van der Waals surface area contributed by atoms with Gasteiger partial charge in [0, 0.05) is 23.1 Å². The maximum absolute atomic E-state index is 12.1. The number of anilines is 2. The van der Waals surface area contributed by atoms with Gasteiger partial charge in [-0.2, -0.15) is 4.98 Å². The first-order chi connectivity index (χ1) is 14.8. The van der Waals surface area contributed by atoms with E-state index in [2.05, 4.69) is 20.3 Å². The molecule has 3 aromatic rings. The van der Waals surface area contributed by atoms with Gasteiger partial charge in [-0.05, 0) is 51.1 Å². The molecule has 0 bridgehead atoms. The number of hydrogen-bond donors (Lipinski definition) is 2. The van der Waals surface area contributed by atoms with Crippen molar-refractivity contribution in [2.45, 2.75) is 39.0 Å². The lowest BCUT2D eigenvalue weighted by atomic mass is 10.2. The van der Waals surface area contributed by atoms with Crippen molar-refractivity contribution in [1.82, 2.24) is 19.5 Å². The molecule has 0 radical (unpaired) electrons. The molecule has 2 N–H and O–H groups in total. The number of benzene rings is 1. The van der Waals surface area contributed by atoms with E-state index in [1.807, 2.05) is 48.9 Å². The number of cyclic esters (lactones) is 1. The quantitative estimate of drug-likeness (QED) is 0.601. The number of carbonyl (C=O) groups excluding carboxylic acids is 1. The predicted octanol–water partition coefficient (Wildman–Crippen LogP) is 3.50. The first-order valence-electron chi connectivity index (χ1n) is 9.89. The van der Waals surface area contributed by atoms with Gasteiger partial charge in [-0.1, -0.05) is 11.6 Å². The van der Waals surface area contributed by atoms with Crippen LogP contribution < -0.4 is 10.2 Å². The summed E-state index contributed by atoms with van der Waals surface area (Å²) in [7, 11) is 0. The van der Waals surface area contributed by atoms with E-state index in [1.54, 1.807) is 19.2 Å². The highest BCUT2D eigenvalue weighted by atomic mass is 35.5. The fourth-order valence-corrected chi connectivity index (χ4v) is 3.57. The molecular weight excluding hydrogens is 420 g/mol. The zero-order valence-electron chi connectivity index (χ0n) is 17.4. The van der Waals surface area contributed by atoms with Crippen LogP contribution in [-0.4, -0.2) is 49.5 Å². The molecule has 1 amide bonds. The summed E-state index contributed by atoms with van der Waals surface area (Å²) in [6.45, 7) is 5.60. The number of carbonyl (C=O) groups is 1. The van der Waals surface area contributed by atoms with Gasteiger partial charge in [-0.15, -0.1) is 0 Å². The molecule has 1 aliphatic rings. The van der Waals surface area contributed by atoms with Crippen molar-refractivity contribution in [3.8, 4) is 5.69 Å². The minimum atomic E-state index is -0.753. The number of aliphatic hydroxyl groups excluding tert-OH is 1. The SMILES string of the molecule is Cc1nc([C@H](C)Nc2nccc(N3C(=O)OCC3[C@@H](C)O)n2)cn1-c1ccc(Cl)cc1. The number of amides is 1. The summed E-state index contributed by atoms with van der Waals surface area (Å²) in [4.78, 5) is 26.8. The summed E-state index contributed by atoms with van der Waals surface area (Å²) in [5, 5.41) is 13.8. The van der Waals surface area contributed by atoms with E-state index in [-0.39, 0.29) is 12.6 Å². The largest absolute Gasteiger partial charge is 0.447 e. The van der Waals surface area contributed by atoms with Gasteiger partial charge >= 0.3 is 6.09 Å². The molecule has 2 aromatic heterocycles. The number of nitrogens with one attached hydrogen (secondary N) is 1. The van der Waals surface area contributed by atoms with E-state index in [1.165, 1.54) is 4.90 Å². The summed E-state index contributed by atoms with van der Waals surface area (Å²) in [6, 6.07) is 8.45. The molecule has 3 heterocycles. The second kappa shape index (κ2) is 8.52. The van der Waals surface area contributed by atoms with E-state index < -0.39 is 18.2 Å². The second-order valence-corrected chi connectivity index (χ2v) is 7.86. The van der Waals surface area contributed by atoms with E-state index in [9.17, 15) is 9.90 Å². The lowest BCUT2D eigenvalue weighted by Gasteiger charge is -2.23. The normalized spacial score (nSPS) is 18.0. The molecule has 0 spiro atoms. The van der Waals surface area contributed by atoms with Gasteiger partial charge < -0.3 is 19.7 Å². The average molecular weight is 443 g/mol. The Hall–Kier alpha value is -3.17. The average Bonchev–Trinajstić information content (AvgIpc) is 3.32. The number of rotatable bonds is 6. The molecule has 1 fully saturated rings. The molecule has 162 valence electrons. The van der Waals surface area contributed by atoms with Gasteiger partial charge in [0.2, 0.25) is 5.95 Å². The van der Waals surface area contributed by atoms with Crippen molar-refractivity contribution in [2.24, 2.45) is 0 Å². The predicted molar refractivity (Wildman–Crippen MR) is 117 cm³/mol. The first-order valence-corrected chi connectivity index (χ1v) is 10.3. The summed E-state index contributed by atoms with van der Waals surface area (Å²) in [6.07, 6.45) is 2.21. The fourth-order valence-electron chi connectivity index (χ4n) is 3.44. The van der Waals surface area contributed by atoms with Crippen LogP contribution in [0.4, 0.5) is 16.6 Å². The van der Waals surface area contributed by atoms with Crippen LogP contribution in [0.3, 0.4) is 0 Å². The topological polar surface area (TPSA) is 105 Å². The summed E-state index contributed by atoms with van der Waals surface area (Å²) in [5.74, 6) is 1.54. The maximum atomic E-state index is 12.1. The van der Waals surface area contributed by atoms with Crippen molar-refractivity contribution in [3.63, 3.8) is 0 Å². The monoisotopic (exact) mass is 442 g/mol. The summed E-state index contributed by atoms with van der Waals surface area (Å²) in [5.41, 5.74) is 1.77. The lowest BCUT2D eigenvalue weighted by molar-refractivity contribution is 0.142. The highest BCUT2D eigenvalue weighted by Gasteiger charge is 2.38. The number of aryl methyl sites for hydroxylation is 1. The Morgan fingerprint density at radius 2 is 1.97 bits per heavy atom. The van der Waals surface area contributed by atoms with E-state index >= 15 is 0 Å². The lowest BCUT2D eigenvalue weighted by Crippen LogP contribution is -2.41. The van der Waals surface area contributed by atoms with Crippen LogP contribution in [0.25, 0.3) is 5.69 Å². The van der Waals surface area contributed by atoms with Crippen LogP contribution in [0.5, 0.6) is 0 Å². The van der Waals surface area contributed by atoms with Crippen LogP contribution in [-0.2, 0) is 4.74 Å². The standard InChI is InChI=1S/C21H23ClN6O3/c1-12(17-10-27(14(3)25-17)16-6-4-15(22)5-7-16)24-20-23-9-8-19(26-20)28-18(13(2)29)11-31-21(28)30/h4-10,12-13,18,29H,11H2,1-3H3,(H,23,24,26)/t12-,13+,18?/m0/s1. The van der Waals surface area contributed by atoms with Crippen molar-refractivity contribution >= 4 is 29.5 Å². The Kier molecular flexibility index (Phi) is 5.79. The third kappa shape index (κ3) is 4.33. The minimum absolute atomic E-state index is 0.112. The molecule has 4 rings (SSSR count). The molecular formula is C21H23ClN6O3. The van der Waals surface area contributed by atoms with Crippen LogP contribution in [0.1, 0.15) is 31.4 Å². The molecule has 1 aliphatic heterocycles. The van der Waals surface area contributed by atoms with Gasteiger partial charge in [0.1, 0.15) is 24.3 Å². The number of nitrogens with zero attached hydrogens (tertiary/aromatic N) is 5. The highest BCUT2D eigenvalue weighted by molar-refractivity contribution is 6.30. The van der Waals surface area contributed by atoms with Crippen molar-refractivity contribution in [2.75, 3.05) is 16.8 Å². The van der Waals surface area contributed by atoms with Crippen molar-refractivity contribution < 1.29 is 14.6 Å². The molecule has 0 saturated carbocycles. The first kappa shape index (κ1) is 21.1. The second-order valence-electron chi connectivity index (χ2n) is 7.42. The highest BCUT2D eigenvalue weighted by Crippen LogP contribution is 2.25. The Morgan fingerprint density at radius 1 is 1.23 bits per heavy atom. The van der Waals surface area contributed by atoms with E-state index in [0.717, 1.165) is 17.2 Å². The molecule has 1 aromatic carbocycles. The maximum Gasteiger partial charge on any atom is 0.416 e. The number of halogens is 1. The number of hydrogen-bond acceptors (Lipinski definition) is 7. The van der Waals surface area contributed by atoms with Gasteiger partial charge in [0.05, 0.1) is 17.8 Å². The molecule has 9 nitrogen and oxygen atoms in total. The zero-order valence-corrected chi connectivity index (χ0v) is 18.1. The Morgan fingerprint density at radius 3 is 2.68 bits per heavy atom. The summed E-state index contributed by atoms with van der Waals surface area (Å²) < 4.78 is 7.06. The van der Waals surface area contributed by atoms with Gasteiger partial charge in [0.15, 0.2) is 0 Å². The molecule has 3 atom stereocenters. The van der Waals surface area contributed by atoms with Crippen molar-refractivity contribution in [3.05, 3.63) is 59.3 Å². The Balaban J connectivity index is 1.54. The minimum Gasteiger partial charge on any atom is -0.447 e. The van der Waals surface area contributed by atoms with E-state index in [0.29, 0.717) is 16.8 Å². The molecule has 31 heavy (non-hydrogen) atoms. The van der Waals surface area contributed by atoms with Crippen LogP contribution in [0.2, 0.25) is 5.02 Å². The number of imidazole rings is 1. The smallest absolute Gasteiger partial charge is 0.416 e. The Labute approximate surface area is 184 Å².